The maximum Gasteiger partial charge on any atom is 0.238 e. The molecule has 0 aliphatic carbocycles. The topological polar surface area (TPSA) is 75.7 Å². The zero-order valence-electron chi connectivity index (χ0n) is 21.8. The highest BCUT2D eigenvalue weighted by molar-refractivity contribution is 6.16. The van der Waals surface area contributed by atoms with Gasteiger partial charge in [0.25, 0.3) is 0 Å². The van der Waals surface area contributed by atoms with Gasteiger partial charge in [0, 0.05) is 23.0 Å². The van der Waals surface area contributed by atoms with Crippen molar-refractivity contribution in [3.05, 3.63) is 137 Å². The number of amides is 1. The Balaban J connectivity index is 1.53. The molecule has 4 aromatic carbocycles. The summed E-state index contributed by atoms with van der Waals surface area (Å²) in [6.07, 6.45) is 3.85. The number of benzene rings is 4. The van der Waals surface area contributed by atoms with E-state index in [4.69, 9.17) is 4.74 Å². The van der Waals surface area contributed by atoms with Crippen molar-refractivity contribution < 1.29 is 19.1 Å². The number of hydrogen-bond acceptors (Lipinski definition) is 5. The molecule has 0 unspecified atom stereocenters. The van der Waals surface area contributed by atoms with Crippen LogP contribution in [0.25, 0.3) is 6.08 Å². The summed E-state index contributed by atoms with van der Waals surface area (Å²) in [5.74, 6) is -1.12. The molecule has 6 nitrogen and oxygen atoms in total. The predicted molar refractivity (Wildman–Crippen MR) is 152 cm³/mol. The number of para-hydroxylation sites is 1. The molecule has 1 spiro atoms. The molecule has 3 aliphatic rings. The number of rotatable bonds is 5. The van der Waals surface area contributed by atoms with Crippen molar-refractivity contribution in [2.24, 2.45) is 5.92 Å². The average molecular weight is 527 g/mol. The second kappa shape index (κ2) is 9.06. The molecule has 4 atom stereocenters. The second-order valence-corrected chi connectivity index (χ2v) is 10.4. The summed E-state index contributed by atoms with van der Waals surface area (Å²) in [4.78, 5) is 45.6. The summed E-state index contributed by atoms with van der Waals surface area (Å²) in [6.45, 7) is 0. The molecule has 0 aromatic heterocycles. The van der Waals surface area contributed by atoms with Crippen molar-refractivity contribution in [1.82, 2.24) is 4.90 Å². The lowest BCUT2D eigenvalue weighted by Crippen LogP contribution is -2.49. The van der Waals surface area contributed by atoms with Gasteiger partial charge in [0.1, 0.15) is 17.2 Å². The molecule has 1 N–H and O–H groups in total. The highest BCUT2D eigenvalue weighted by Crippen LogP contribution is 2.62. The van der Waals surface area contributed by atoms with Crippen molar-refractivity contribution in [3.8, 4) is 5.75 Å². The minimum Gasteiger partial charge on any atom is -0.497 e. The van der Waals surface area contributed by atoms with Crippen LogP contribution in [0.5, 0.6) is 5.75 Å². The van der Waals surface area contributed by atoms with Crippen molar-refractivity contribution in [2.45, 2.75) is 17.5 Å². The van der Waals surface area contributed by atoms with E-state index in [0.29, 0.717) is 22.6 Å². The van der Waals surface area contributed by atoms with E-state index in [1.165, 1.54) is 0 Å². The minimum atomic E-state index is -1.34. The third-order valence-corrected chi connectivity index (χ3v) is 8.55. The van der Waals surface area contributed by atoms with Crippen LogP contribution in [0.1, 0.15) is 43.4 Å². The molecule has 7 rings (SSSR count). The lowest BCUT2D eigenvalue weighted by Gasteiger charge is -2.38. The third kappa shape index (κ3) is 3.26. The average Bonchev–Trinajstić information content (AvgIpc) is 3.49. The Kier molecular flexibility index (Phi) is 5.46. The summed E-state index contributed by atoms with van der Waals surface area (Å²) in [5, 5.41) is 3.07. The van der Waals surface area contributed by atoms with E-state index in [9.17, 15) is 14.4 Å². The van der Waals surface area contributed by atoms with Gasteiger partial charge in [-0.1, -0.05) is 72.8 Å². The second-order valence-electron chi connectivity index (χ2n) is 10.4. The molecule has 6 heteroatoms. The zero-order chi connectivity index (χ0) is 27.4. The summed E-state index contributed by atoms with van der Waals surface area (Å²) in [6, 6.07) is 29.8. The maximum atomic E-state index is 14.7. The number of hydrogen-bond donors (Lipinski definition) is 1. The van der Waals surface area contributed by atoms with E-state index in [1.54, 1.807) is 43.5 Å². The SMILES string of the molecule is COc1ccc(C(=O)[C@@H]2[C@@H](C(=O)c3ccccc3)N3C=Cc4ccccc4[C@@H]3[C@]23C(=O)Nc2ccccc23)cc1. The Morgan fingerprint density at radius 3 is 2.25 bits per heavy atom. The van der Waals surface area contributed by atoms with Gasteiger partial charge < -0.3 is 15.0 Å². The molecule has 3 heterocycles. The fourth-order valence-electron chi connectivity index (χ4n) is 6.88. The first kappa shape index (κ1) is 24.1. The van der Waals surface area contributed by atoms with Gasteiger partial charge in [-0.25, -0.2) is 0 Å². The van der Waals surface area contributed by atoms with Crippen LogP contribution < -0.4 is 10.1 Å². The summed E-state index contributed by atoms with van der Waals surface area (Å²) < 4.78 is 5.32. The monoisotopic (exact) mass is 526 g/mol. The minimum absolute atomic E-state index is 0.199. The van der Waals surface area contributed by atoms with Crippen LogP contribution in [0.15, 0.2) is 109 Å². The number of carbonyl (C=O) groups is 3. The fourth-order valence-corrected chi connectivity index (χ4v) is 6.88. The van der Waals surface area contributed by atoms with E-state index >= 15 is 0 Å². The fraction of sp³-hybridized carbons (Fsp3) is 0.147. The van der Waals surface area contributed by atoms with Crippen LogP contribution in [0.2, 0.25) is 0 Å². The Labute approximate surface area is 231 Å². The molecular weight excluding hydrogens is 500 g/mol. The van der Waals surface area contributed by atoms with Gasteiger partial charge in [0.2, 0.25) is 5.91 Å². The lowest BCUT2D eigenvalue weighted by molar-refractivity contribution is -0.122. The molecule has 1 amide bonds. The van der Waals surface area contributed by atoms with E-state index in [-0.39, 0.29) is 17.5 Å². The van der Waals surface area contributed by atoms with Crippen LogP contribution in [-0.2, 0) is 10.2 Å². The van der Waals surface area contributed by atoms with Crippen molar-refractivity contribution in [1.29, 1.82) is 0 Å². The van der Waals surface area contributed by atoms with Gasteiger partial charge in [-0.05, 0) is 53.1 Å². The molecular formula is C34H26N2O4. The number of nitrogens with zero attached hydrogens (tertiary/aromatic N) is 1. The quantitative estimate of drug-likeness (QED) is 0.339. The Hall–Kier alpha value is -4.97. The van der Waals surface area contributed by atoms with E-state index < -0.39 is 23.4 Å². The summed E-state index contributed by atoms with van der Waals surface area (Å²) in [7, 11) is 1.57. The molecule has 196 valence electrons. The largest absolute Gasteiger partial charge is 0.497 e. The molecule has 0 saturated carbocycles. The van der Waals surface area contributed by atoms with Gasteiger partial charge in [-0.15, -0.1) is 0 Å². The lowest BCUT2D eigenvalue weighted by atomic mass is 9.62. The molecule has 40 heavy (non-hydrogen) atoms. The van der Waals surface area contributed by atoms with Gasteiger partial charge in [-0.3, -0.25) is 14.4 Å². The summed E-state index contributed by atoms with van der Waals surface area (Å²) >= 11 is 0. The molecule has 3 aliphatic heterocycles. The zero-order valence-corrected chi connectivity index (χ0v) is 21.8. The third-order valence-electron chi connectivity index (χ3n) is 8.55. The number of nitrogens with one attached hydrogen (secondary N) is 1. The number of carbonyl (C=O) groups excluding carboxylic acids is 3. The van der Waals surface area contributed by atoms with Gasteiger partial charge in [0.05, 0.1) is 19.1 Å². The van der Waals surface area contributed by atoms with Crippen LogP contribution in [-0.4, -0.2) is 35.5 Å². The first-order valence-electron chi connectivity index (χ1n) is 13.3. The Morgan fingerprint density at radius 2 is 1.48 bits per heavy atom. The highest BCUT2D eigenvalue weighted by atomic mass is 16.5. The van der Waals surface area contributed by atoms with Gasteiger partial charge in [0.15, 0.2) is 11.6 Å². The number of ketones is 2. The summed E-state index contributed by atoms with van der Waals surface area (Å²) in [5.41, 5.74) is 2.84. The Morgan fingerprint density at radius 1 is 0.800 bits per heavy atom. The van der Waals surface area contributed by atoms with E-state index in [0.717, 1.165) is 16.7 Å². The molecule has 4 aromatic rings. The molecule has 1 saturated heterocycles. The van der Waals surface area contributed by atoms with E-state index in [1.807, 2.05) is 83.9 Å². The maximum absolute atomic E-state index is 14.7. The van der Waals surface area contributed by atoms with Crippen LogP contribution in [0, 0.1) is 5.92 Å². The first-order valence-corrected chi connectivity index (χ1v) is 13.3. The van der Waals surface area contributed by atoms with Crippen LogP contribution >= 0.6 is 0 Å². The molecule has 0 bridgehead atoms. The smallest absolute Gasteiger partial charge is 0.238 e. The normalized spacial score (nSPS) is 23.8. The van der Waals surface area contributed by atoms with Gasteiger partial charge in [-0.2, -0.15) is 0 Å². The standard InChI is InChI=1S/C34H26N2O4/c1-40-24-17-15-23(16-18-24)30(37)28-29(31(38)22-10-3-2-4-11-22)36-20-19-21-9-5-6-12-25(21)32(36)34(28)26-13-7-8-14-27(26)35-33(34)39/h2-20,28-29,32H,1H3,(H,35,39)/t28-,29-,32+,34+/m0/s1. The molecule has 1 fully saturated rings. The highest BCUT2D eigenvalue weighted by Gasteiger charge is 2.70. The first-order chi connectivity index (χ1) is 19.6. The van der Waals surface area contributed by atoms with Crippen LogP contribution in [0.4, 0.5) is 5.69 Å². The number of Topliss-reactive ketones (excluding diaryl/α,β-unsaturated/α-hetero) is 2. The number of fused-ring (bicyclic) bond motifs is 6. The van der Waals surface area contributed by atoms with Crippen molar-refractivity contribution in [2.75, 3.05) is 12.4 Å². The Bertz CT molecular complexity index is 1690. The van der Waals surface area contributed by atoms with E-state index in [2.05, 4.69) is 5.32 Å². The number of methoxy groups -OCH3 is 1. The van der Waals surface area contributed by atoms with Crippen molar-refractivity contribution >= 4 is 29.2 Å². The number of ether oxygens (including phenoxy) is 1. The predicted octanol–water partition coefficient (Wildman–Crippen LogP) is 5.68. The van der Waals surface area contributed by atoms with Crippen LogP contribution in [0.3, 0.4) is 0 Å². The van der Waals surface area contributed by atoms with Crippen molar-refractivity contribution in [3.63, 3.8) is 0 Å². The van der Waals surface area contributed by atoms with Gasteiger partial charge >= 0.3 is 0 Å². The number of anilines is 1. The molecule has 0 radical (unpaired) electrons.